The molecule has 0 bridgehead atoms. The summed E-state index contributed by atoms with van der Waals surface area (Å²) in [6.45, 7) is 2.40. The largest absolute Gasteiger partial charge is 0.456 e. The van der Waals surface area contributed by atoms with Gasteiger partial charge in [-0.15, -0.1) is 0 Å². The van der Waals surface area contributed by atoms with Gasteiger partial charge in [0.25, 0.3) is 0 Å². The van der Waals surface area contributed by atoms with Crippen molar-refractivity contribution < 1.29 is 38.1 Å². The van der Waals surface area contributed by atoms with Crippen molar-refractivity contribution in [3.63, 3.8) is 0 Å². The molecule has 0 saturated heterocycles. The molecule has 2 heterocycles. The monoisotopic (exact) mass is 553 g/mol. The van der Waals surface area contributed by atoms with Crippen LogP contribution in [0.15, 0.2) is 66.7 Å². The molecule has 4 aromatic carbocycles. The van der Waals surface area contributed by atoms with Crippen molar-refractivity contribution in [2.24, 2.45) is 0 Å². The fraction of sp³-hybridized carbons (Fsp3) is 0.219. The number of esters is 3. The fourth-order valence-electron chi connectivity index (χ4n) is 5.46. The van der Waals surface area contributed by atoms with E-state index in [1.165, 1.54) is 13.8 Å². The molecule has 6 rings (SSSR count). The molecule has 2 aliphatic rings. The number of hydrogen-bond acceptors (Lipinski definition) is 9. The minimum Gasteiger partial charge on any atom is -0.456 e. The van der Waals surface area contributed by atoms with Crippen molar-refractivity contribution in [3.8, 4) is 17.2 Å². The number of ether oxygens (including phenoxy) is 5. The summed E-state index contributed by atoms with van der Waals surface area (Å²) < 4.78 is 28.4. The molecule has 1 atom stereocenters. The van der Waals surface area contributed by atoms with E-state index >= 15 is 0 Å². The summed E-state index contributed by atoms with van der Waals surface area (Å²) >= 11 is 0. The second-order valence-corrected chi connectivity index (χ2v) is 10.1. The van der Waals surface area contributed by atoms with Crippen LogP contribution in [0.1, 0.15) is 46.5 Å². The number of rotatable bonds is 5. The van der Waals surface area contributed by atoms with Gasteiger partial charge in [0.15, 0.2) is 5.60 Å². The lowest BCUT2D eigenvalue weighted by Crippen LogP contribution is -2.32. The van der Waals surface area contributed by atoms with Crippen LogP contribution in [-0.2, 0) is 36.0 Å². The molecule has 0 N–H and O–H groups in total. The van der Waals surface area contributed by atoms with Gasteiger partial charge in [-0.2, -0.15) is 0 Å². The third-order valence-corrected chi connectivity index (χ3v) is 7.27. The highest BCUT2D eigenvalue weighted by molar-refractivity contribution is 5.94. The van der Waals surface area contributed by atoms with Crippen LogP contribution in [0.4, 0.5) is 5.69 Å². The third kappa shape index (κ3) is 4.44. The number of nitrogens with zero attached hydrogens (tertiary/aromatic N) is 1. The standard InChI is InChI=1S/C32H27NO8/c1-18(34)37-17-38-31(36)21-6-10-26-22(13-21)16-39-32(26)27-12-7-23(33(3)4)15-29(27)41-30-25-9-8-24(40-19(2)35)14-20(25)5-11-28(30)32/h5-15H,16-17H2,1-4H3. The Morgan fingerprint density at radius 3 is 2.39 bits per heavy atom. The Labute approximate surface area is 236 Å². The summed E-state index contributed by atoms with van der Waals surface area (Å²) in [5.74, 6) is 0.199. The summed E-state index contributed by atoms with van der Waals surface area (Å²) in [7, 11) is 3.92. The van der Waals surface area contributed by atoms with Crippen molar-refractivity contribution in [1.29, 1.82) is 0 Å². The first-order valence-electron chi connectivity index (χ1n) is 13.0. The van der Waals surface area contributed by atoms with Gasteiger partial charge in [0.2, 0.25) is 6.79 Å². The van der Waals surface area contributed by atoms with E-state index in [1.807, 2.05) is 61.5 Å². The zero-order chi connectivity index (χ0) is 28.9. The third-order valence-electron chi connectivity index (χ3n) is 7.27. The van der Waals surface area contributed by atoms with Crippen LogP contribution in [0.3, 0.4) is 0 Å². The van der Waals surface area contributed by atoms with Gasteiger partial charge in [0.05, 0.1) is 12.2 Å². The van der Waals surface area contributed by atoms with Gasteiger partial charge in [-0.05, 0) is 59.0 Å². The summed E-state index contributed by atoms with van der Waals surface area (Å²) in [6.07, 6.45) is 0. The lowest BCUT2D eigenvalue weighted by atomic mass is 9.76. The van der Waals surface area contributed by atoms with Crippen molar-refractivity contribution in [1.82, 2.24) is 0 Å². The summed E-state index contributed by atoms with van der Waals surface area (Å²) in [6, 6.07) is 20.6. The van der Waals surface area contributed by atoms with Crippen LogP contribution < -0.4 is 14.4 Å². The second kappa shape index (κ2) is 9.94. The van der Waals surface area contributed by atoms with Crippen LogP contribution in [0.5, 0.6) is 17.2 Å². The number of benzene rings is 4. The lowest BCUT2D eigenvalue weighted by molar-refractivity contribution is -0.149. The van der Waals surface area contributed by atoms with Crippen molar-refractivity contribution in [2.75, 3.05) is 25.8 Å². The second-order valence-electron chi connectivity index (χ2n) is 10.1. The number of carbonyl (C=O) groups excluding carboxylic acids is 3. The van der Waals surface area contributed by atoms with E-state index in [0.29, 0.717) is 22.8 Å². The molecule has 1 spiro atoms. The minimum absolute atomic E-state index is 0.248. The van der Waals surface area contributed by atoms with Crippen LogP contribution in [0.2, 0.25) is 0 Å². The highest BCUT2D eigenvalue weighted by atomic mass is 16.7. The van der Waals surface area contributed by atoms with E-state index < -0.39 is 30.3 Å². The molecule has 0 radical (unpaired) electrons. The summed E-state index contributed by atoms with van der Waals surface area (Å²) in [5.41, 5.74) is 3.66. The Kier molecular flexibility index (Phi) is 6.38. The van der Waals surface area contributed by atoms with E-state index in [0.717, 1.165) is 38.7 Å². The zero-order valence-corrected chi connectivity index (χ0v) is 23.0. The molecule has 9 nitrogen and oxygen atoms in total. The summed E-state index contributed by atoms with van der Waals surface area (Å²) in [5, 5.41) is 1.68. The van der Waals surface area contributed by atoms with Crippen LogP contribution in [0, 0.1) is 0 Å². The molecule has 0 saturated carbocycles. The number of carbonyl (C=O) groups is 3. The van der Waals surface area contributed by atoms with E-state index in [-0.39, 0.29) is 6.61 Å². The van der Waals surface area contributed by atoms with E-state index in [2.05, 4.69) is 0 Å². The first-order valence-corrected chi connectivity index (χ1v) is 13.0. The first kappa shape index (κ1) is 26.3. The highest BCUT2D eigenvalue weighted by Crippen LogP contribution is 2.58. The van der Waals surface area contributed by atoms with Gasteiger partial charge in [0.1, 0.15) is 17.2 Å². The molecule has 41 heavy (non-hydrogen) atoms. The maximum Gasteiger partial charge on any atom is 0.341 e. The Balaban J connectivity index is 1.50. The van der Waals surface area contributed by atoms with E-state index in [9.17, 15) is 14.4 Å². The molecular weight excluding hydrogens is 526 g/mol. The predicted octanol–water partition coefficient (Wildman–Crippen LogP) is 5.44. The van der Waals surface area contributed by atoms with Crippen molar-refractivity contribution in [2.45, 2.75) is 26.1 Å². The molecule has 9 heteroatoms. The van der Waals surface area contributed by atoms with E-state index in [1.54, 1.807) is 24.3 Å². The average molecular weight is 554 g/mol. The Morgan fingerprint density at radius 1 is 0.854 bits per heavy atom. The Bertz CT molecular complexity index is 1740. The maximum atomic E-state index is 12.6. The van der Waals surface area contributed by atoms with Crippen LogP contribution in [0.25, 0.3) is 10.8 Å². The maximum absolute atomic E-state index is 12.6. The molecule has 0 aliphatic carbocycles. The molecule has 0 amide bonds. The molecule has 0 aromatic heterocycles. The molecule has 208 valence electrons. The smallest absolute Gasteiger partial charge is 0.341 e. The lowest BCUT2D eigenvalue weighted by Gasteiger charge is -2.38. The fourth-order valence-corrected chi connectivity index (χ4v) is 5.46. The number of fused-ring (bicyclic) bond motifs is 8. The van der Waals surface area contributed by atoms with Crippen LogP contribution >= 0.6 is 0 Å². The number of hydrogen-bond donors (Lipinski definition) is 0. The predicted molar refractivity (Wildman–Crippen MR) is 149 cm³/mol. The molecule has 1 unspecified atom stereocenters. The quantitative estimate of drug-likeness (QED) is 0.182. The normalized spacial score (nSPS) is 16.3. The van der Waals surface area contributed by atoms with Gasteiger partial charge in [-0.1, -0.05) is 18.2 Å². The molecule has 2 aliphatic heterocycles. The SMILES string of the molecule is CC(=O)OCOC(=O)c1ccc2c(c1)COC21c2ccc(N(C)C)cc2Oc2c1ccc1cc(OC(C)=O)ccc21. The Hall–Kier alpha value is -4.89. The van der Waals surface area contributed by atoms with Gasteiger partial charge in [0, 0.05) is 56.2 Å². The molecular formula is C32H27NO8. The van der Waals surface area contributed by atoms with Gasteiger partial charge >= 0.3 is 17.9 Å². The van der Waals surface area contributed by atoms with Crippen molar-refractivity contribution >= 4 is 34.4 Å². The number of anilines is 1. The first-order chi connectivity index (χ1) is 19.7. The minimum atomic E-state index is -0.994. The highest BCUT2D eigenvalue weighted by Gasteiger charge is 2.50. The van der Waals surface area contributed by atoms with Gasteiger partial charge < -0.3 is 28.6 Å². The topological polar surface area (TPSA) is 101 Å². The van der Waals surface area contributed by atoms with Crippen LogP contribution in [-0.4, -0.2) is 38.8 Å². The van der Waals surface area contributed by atoms with Gasteiger partial charge in [-0.3, -0.25) is 9.59 Å². The summed E-state index contributed by atoms with van der Waals surface area (Å²) in [4.78, 5) is 37.2. The van der Waals surface area contributed by atoms with Gasteiger partial charge in [-0.25, -0.2) is 4.79 Å². The molecule has 4 aromatic rings. The van der Waals surface area contributed by atoms with E-state index in [4.69, 9.17) is 23.7 Å². The van der Waals surface area contributed by atoms with Crippen molar-refractivity contribution in [3.05, 3.63) is 94.5 Å². The molecule has 0 fully saturated rings. The Morgan fingerprint density at radius 2 is 1.63 bits per heavy atom. The zero-order valence-electron chi connectivity index (χ0n) is 23.0. The average Bonchev–Trinajstić information content (AvgIpc) is 3.31.